The molecule has 2 aromatic carbocycles. The van der Waals surface area contributed by atoms with Gasteiger partial charge in [0, 0.05) is 6.54 Å². The number of rotatable bonds is 3. The maximum atomic E-state index is 12.9. The molecule has 0 aliphatic rings. The van der Waals surface area contributed by atoms with Gasteiger partial charge in [0.05, 0.1) is 22.2 Å². The Hall–Kier alpha value is -3.15. The van der Waals surface area contributed by atoms with Crippen molar-refractivity contribution in [2.75, 3.05) is 0 Å². The van der Waals surface area contributed by atoms with Crippen molar-refractivity contribution in [3.05, 3.63) is 74.4 Å². The van der Waals surface area contributed by atoms with Crippen molar-refractivity contribution in [3.63, 3.8) is 0 Å². The number of nitrogens with zero attached hydrogens (tertiary/aromatic N) is 2. The van der Waals surface area contributed by atoms with E-state index in [0.29, 0.717) is 17.7 Å². The van der Waals surface area contributed by atoms with Gasteiger partial charge in [0.15, 0.2) is 0 Å². The molecule has 0 aliphatic heterocycles. The molecule has 0 saturated heterocycles. The van der Waals surface area contributed by atoms with Gasteiger partial charge in [0.1, 0.15) is 0 Å². The molecule has 0 fully saturated rings. The van der Waals surface area contributed by atoms with Crippen molar-refractivity contribution in [2.24, 2.45) is 0 Å². The van der Waals surface area contributed by atoms with Crippen LogP contribution in [0.1, 0.15) is 22.8 Å². The number of aryl methyl sites for hydroxylation is 2. The molecule has 0 unspecified atom stereocenters. The predicted molar refractivity (Wildman–Crippen MR) is 91.2 cm³/mol. The van der Waals surface area contributed by atoms with E-state index in [4.69, 9.17) is 5.11 Å². The zero-order valence-corrected chi connectivity index (χ0v) is 13.3. The van der Waals surface area contributed by atoms with Crippen LogP contribution in [0.25, 0.3) is 16.6 Å². The Morgan fingerprint density at radius 1 is 1.12 bits per heavy atom. The Morgan fingerprint density at radius 3 is 2.46 bits per heavy atom. The number of aromatic carboxylic acids is 1. The number of carboxylic acids is 1. The van der Waals surface area contributed by atoms with E-state index in [2.05, 4.69) is 0 Å². The number of hydrogen-bond acceptors (Lipinski definition) is 3. The second kappa shape index (κ2) is 5.81. The van der Waals surface area contributed by atoms with E-state index in [1.54, 1.807) is 19.1 Å². The van der Waals surface area contributed by atoms with Crippen molar-refractivity contribution < 1.29 is 9.90 Å². The highest BCUT2D eigenvalue weighted by molar-refractivity contribution is 5.93. The number of carbonyl (C=O) groups is 1. The summed E-state index contributed by atoms with van der Waals surface area (Å²) < 4.78 is 2.57. The molecule has 0 atom stereocenters. The summed E-state index contributed by atoms with van der Waals surface area (Å²) in [5, 5.41) is 9.38. The van der Waals surface area contributed by atoms with E-state index < -0.39 is 17.2 Å². The summed E-state index contributed by atoms with van der Waals surface area (Å²) in [5.74, 6) is -1.12. The first-order chi connectivity index (χ1) is 11.5. The summed E-state index contributed by atoms with van der Waals surface area (Å²) in [5.41, 5.74) is 0.773. The van der Waals surface area contributed by atoms with Crippen molar-refractivity contribution in [3.8, 4) is 5.69 Å². The molecule has 1 aromatic heterocycles. The van der Waals surface area contributed by atoms with Gasteiger partial charge in [-0.3, -0.25) is 9.36 Å². The molecular formula is C18H16N2O4. The average Bonchev–Trinajstić information content (AvgIpc) is 2.56. The minimum atomic E-state index is -1.12. The smallest absolute Gasteiger partial charge is 0.336 e. The van der Waals surface area contributed by atoms with Crippen LogP contribution in [-0.2, 0) is 6.54 Å². The summed E-state index contributed by atoms with van der Waals surface area (Å²) in [6, 6.07) is 11.3. The van der Waals surface area contributed by atoms with Gasteiger partial charge in [-0.1, -0.05) is 18.2 Å². The molecular weight excluding hydrogens is 308 g/mol. The standard InChI is InChI=1S/C18H16N2O4/c1-3-19-15-9-8-12(17(22)23)10-13(15)16(21)20(18(19)24)14-7-5-4-6-11(14)2/h4-10H,3H2,1-2H3,(H,22,23). The second-order valence-electron chi connectivity index (χ2n) is 5.49. The first-order valence-electron chi connectivity index (χ1n) is 7.54. The summed E-state index contributed by atoms with van der Waals surface area (Å²) in [6.45, 7) is 3.99. The number of hydrogen-bond donors (Lipinski definition) is 1. The van der Waals surface area contributed by atoms with E-state index in [9.17, 15) is 14.4 Å². The summed E-state index contributed by atoms with van der Waals surface area (Å²) in [6.07, 6.45) is 0. The topological polar surface area (TPSA) is 81.3 Å². The lowest BCUT2D eigenvalue weighted by Gasteiger charge is -2.14. The Bertz CT molecular complexity index is 1080. The SMILES string of the molecule is CCn1c(=O)n(-c2ccccc2C)c(=O)c2cc(C(=O)O)ccc21. The molecule has 6 heteroatoms. The maximum absolute atomic E-state index is 12.9. The van der Waals surface area contributed by atoms with Gasteiger partial charge in [-0.05, 0) is 43.7 Å². The molecule has 24 heavy (non-hydrogen) atoms. The minimum Gasteiger partial charge on any atom is -0.478 e. The quantitative estimate of drug-likeness (QED) is 0.800. The van der Waals surface area contributed by atoms with Crippen LogP contribution in [0.2, 0.25) is 0 Å². The van der Waals surface area contributed by atoms with Gasteiger partial charge >= 0.3 is 11.7 Å². The van der Waals surface area contributed by atoms with Crippen LogP contribution in [0, 0.1) is 6.92 Å². The van der Waals surface area contributed by atoms with Crippen molar-refractivity contribution in [1.82, 2.24) is 9.13 Å². The maximum Gasteiger partial charge on any atom is 0.336 e. The Labute approximate surface area is 137 Å². The first kappa shape index (κ1) is 15.7. The Balaban J connectivity index is 2.51. The second-order valence-corrected chi connectivity index (χ2v) is 5.49. The first-order valence-corrected chi connectivity index (χ1v) is 7.54. The number of para-hydroxylation sites is 1. The lowest BCUT2D eigenvalue weighted by Crippen LogP contribution is -2.39. The summed E-state index contributed by atoms with van der Waals surface area (Å²) >= 11 is 0. The monoisotopic (exact) mass is 324 g/mol. The predicted octanol–water partition coefficient (Wildman–Crippen LogP) is 2.18. The fourth-order valence-corrected chi connectivity index (χ4v) is 2.84. The Kier molecular flexibility index (Phi) is 3.81. The molecule has 122 valence electrons. The van der Waals surface area contributed by atoms with E-state index in [1.165, 1.54) is 22.8 Å². The van der Waals surface area contributed by atoms with E-state index in [1.807, 2.05) is 19.1 Å². The molecule has 0 amide bonds. The Morgan fingerprint density at radius 2 is 1.83 bits per heavy atom. The van der Waals surface area contributed by atoms with Crippen LogP contribution in [-0.4, -0.2) is 20.2 Å². The highest BCUT2D eigenvalue weighted by Gasteiger charge is 2.16. The molecule has 1 heterocycles. The zero-order valence-electron chi connectivity index (χ0n) is 13.3. The zero-order chi connectivity index (χ0) is 17.4. The van der Waals surface area contributed by atoms with Gasteiger partial charge in [-0.25, -0.2) is 14.2 Å². The van der Waals surface area contributed by atoms with E-state index in [-0.39, 0.29) is 10.9 Å². The van der Waals surface area contributed by atoms with Crippen molar-refractivity contribution in [2.45, 2.75) is 20.4 Å². The van der Waals surface area contributed by atoms with Crippen LogP contribution >= 0.6 is 0 Å². The minimum absolute atomic E-state index is 0.0113. The highest BCUT2D eigenvalue weighted by Crippen LogP contribution is 2.15. The average molecular weight is 324 g/mol. The molecule has 1 N–H and O–H groups in total. The molecule has 0 bridgehead atoms. The lowest BCUT2D eigenvalue weighted by atomic mass is 10.1. The fraction of sp³-hybridized carbons (Fsp3) is 0.167. The van der Waals surface area contributed by atoms with Gasteiger partial charge in [-0.2, -0.15) is 0 Å². The highest BCUT2D eigenvalue weighted by atomic mass is 16.4. The van der Waals surface area contributed by atoms with Crippen LogP contribution < -0.4 is 11.2 Å². The lowest BCUT2D eigenvalue weighted by molar-refractivity contribution is 0.0697. The molecule has 0 spiro atoms. The third-order valence-corrected chi connectivity index (χ3v) is 4.06. The fourth-order valence-electron chi connectivity index (χ4n) is 2.84. The summed E-state index contributed by atoms with van der Waals surface area (Å²) in [4.78, 5) is 36.9. The van der Waals surface area contributed by atoms with Gasteiger partial charge in [0.25, 0.3) is 5.56 Å². The van der Waals surface area contributed by atoms with Crippen LogP contribution in [0.4, 0.5) is 0 Å². The number of aromatic nitrogens is 2. The van der Waals surface area contributed by atoms with Gasteiger partial charge in [0.2, 0.25) is 0 Å². The molecule has 6 nitrogen and oxygen atoms in total. The third kappa shape index (κ3) is 2.32. The normalized spacial score (nSPS) is 10.9. The number of fused-ring (bicyclic) bond motifs is 1. The number of benzene rings is 2. The van der Waals surface area contributed by atoms with Crippen LogP contribution in [0.5, 0.6) is 0 Å². The summed E-state index contributed by atoms with van der Waals surface area (Å²) in [7, 11) is 0. The molecule has 3 rings (SSSR count). The van der Waals surface area contributed by atoms with E-state index in [0.717, 1.165) is 10.1 Å². The van der Waals surface area contributed by atoms with Crippen molar-refractivity contribution in [1.29, 1.82) is 0 Å². The van der Waals surface area contributed by atoms with Crippen LogP contribution in [0.15, 0.2) is 52.1 Å². The molecule has 3 aromatic rings. The molecule has 0 saturated carbocycles. The van der Waals surface area contributed by atoms with Gasteiger partial charge < -0.3 is 5.11 Å². The number of carboxylic acid groups (broad SMARTS) is 1. The van der Waals surface area contributed by atoms with Crippen LogP contribution in [0.3, 0.4) is 0 Å². The molecule has 0 radical (unpaired) electrons. The van der Waals surface area contributed by atoms with Gasteiger partial charge in [-0.15, -0.1) is 0 Å². The van der Waals surface area contributed by atoms with Crippen molar-refractivity contribution >= 4 is 16.9 Å². The largest absolute Gasteiger partial charge is 0.478 e. The third-order valence-electron chi connectivity index (χ3n) is 4.06. The van der Waals surface area contributed by atoms with E-state index >= 15 is 0 Å². The molecule has 0 aliphatic carbocycles.